The van der Waals surface area contributed by atoms with Crippen molar-refractivity contribution < 1.29 is 29.3 Å². The van der Waals surface area contributed by atoms with Crippen LogP contribution in [0.2, 0.25) is 0 Å². The molecule has 0 aliphatic carbocycles. The first-order valence-corrected chi connectivity index (χ1v) is 21.0. The van der Waals surface area contributed by atoms with Crippen LogP contribution in [0, 0.1) is 5.92 Å². The van der Waals surface area contributed by atoms with E-state index in [0.717, 1.165) is 82.5 Å². The lowest BCUT2D eigenvalue weighted by Crippen LogP contribution is -2.23. The highest BCUT2D eigenvalue weighted by atomic mass is 127. The number of alkyl halides is 1. The molecular weight excluding hydrogens is 811 g/mol. The SMILES string of the molecule is COc1cc(C(C)(C)Cc2cc(-c3ccc(C(=O)O)cc3)c(CCCCCCCC/C=C\C(C)C)cc2-c2ccc(C(=O)O)cc2)c(OC)cc1CC(C)(C)I. The molecule has 0 saturated carbocycles. The van der Waals surface area contributed by atoms with Gasteiger partial charge < -0.3 is 19.7 Å². The molecule has 0 fully saturated rings. The van der Waals surface area contributed by atoms with Crippen molar-refractivity contribution >= 4 is 34.5 Å². The number of carboxylic acids is 2. The molecule has 6 nitrogen and oxygen atoms in total. The lowest BCUT2D eigenvalue weighted by Gasteiger charge is -2.31. The van der Waals surface area contributed by atoms with Crippen molar-refractivity contribution in [1.29, 1.82) is 0 Å². The van der Waals surface area contributed by atoms with Crippen LogP contribution in [0.4, 0.5) is 0 Å². The highest BCUT2D eigenvalue weighted by molar-refractivity contribution is 14.1. The topological polar surface area (TPSA) is 93.1 Å². The van der Waals surface area contributed by atoms with Crippen LogP contribution < -0.4 is 9.47 Å². The van der Waals surface area contributed by atoms with E-state index >= 15 is 0 Å². The van der Waals surface area contributed by atoms with Crippen molar-refractivity contribution in [3.05, 3.63) is 118 Å². The van der Waals surface area contributed by atoms with Gasteiger partial charge in [-0.05, 0) is 125 Å². The number of ether oxygens (including phenoxy) is 2. The van der Waals surface area contributed by atoms with Gasteiger partial charge in [0.1, 0.15) is 11.5 Å². The second kappa shape index (κ2) is 20.4. The summed E-state index contributed by atoms with van der Waals surface area (Å²) in [6.07, 6.45) is 15.1. The molecule has 0 radical (unpaired) electrons. The number of benzene rings is 4. The number of aromatic carboxylic acids is 2. The number of allylic oxidation sites excluding steroid dienone is 2. The van der Waals surface area contributed by atoms with E-state index in [4.69, 9.17) is 9.47 Å². The number of rotatable bonds is 21. The summed E-state index contributed by atoms with van der Waals surface area (Å²) in [6.45, 7) is 13.3. The molecule has 0 aliphatic rings. The van der Waals surface area contributed by atoms with E-state index in [1.807, 2.05) is 24.3 Å². The third-order valence-corrected chi connectivity index (χ3v) is 10.8. The molecule has 56 heavy (non-hydrogen) atoms. The standard InChI is InChI=1S/C49H61IO6/c1-33(2)17-15-13-11-9-10-12-14-16-18-38-27-42(35-21-25-37(26-22-35)47(53)54)39(28-41(38)34-19-23-36(24-20-34)46(51)52)31-48(3,4)43-30-44(55-7)40(29-45(43)56-8)32-49(5,6)50/h15,17,19-30,33H,9-14,16,18,31-32H2,1-8H3,(H,51,52)(H,53,54)/b17-15-. The Morgan fingerprint density at radius 1 is 0.661 bits per heavy atom. The van der Waals surface area contributed by atoms with E-state index in [1.54, 1.807) is 38.5 Å². The first kappa shape index (κ1) is 44.6. The normalized spacial score (nSPS) is 12.0. The smallest absolute Gasteiger partial charge is 0.335 e. The van der Waals surface area contributed by atoms with Crippen molar-refractivity contribution in [1.82, 2.24) is 0 Å². The predicted molar refractivity (Wildman–Crippen MR) is 239 cm³/mol. The van der Waals surface area contributed by atoms with Gasteiger partial charge in [0.2, 0.25) is 0 Å². The number of aryl methyl sites for hydroxylation is 1. The summed E-state index contributed by atoms with van der Waals surface area (Å²) in [5.41, 5.74) is 8.56. The van der Waals surface area contributed by atoms with Crippen LogP contribution >= 0.6 is 22.6 Å². The van der Waals surface area contributed by atoms with Crippen molar-refractivity contribution in [2.24, 2.45) is 5.92 Å². The minimum absolute atomic E-state index is 0.0314. The minimum Gasteiger partial charge on any atom is -0.496 e. The third-order valence-electron chi connectivity index (χ3n) is 10.4. The first-order chi connectivity index (χ1) is 26.5. The number of methoxy groups -OCH3 is 2. The van der Waals surface area contributed by atoms with Crippen LogP contribution in [0.1, 0.15) is 129 Å². The van der Waals surface area contributed by atoms with Gasteiger partial charge in [0.05, 0.1) is 25.3 Å². The molecule has 0 saturated heterocycles. The highest BCUT2D eigenvalue weighted by Gasteiger charge is 2.30. The lowest BCUT2D eigenvalue weighted by molar-refractivity contribution is 0.0686. The lowest BCUT2D eigenvalue weighted by atomic mass is 9.75. The molecule has 2 N–H and O–H groups in total. The Balaban J connectivity index is 1.77. The van der Waals surface area contributed by atoms with Gasteiger partial charge in [-0.25, -0.2) is 9.59 Å². The molecular formula is C49H61IO6. The zero-order valence-corrected chi connectivity index (χ0v) is 36.8. The van der Waals surface area contributed by atoms with E-state index in [9.17, 15) is 19.8 Å². The summed E-state index contributed by atoms with van der Waals surface area (Å²) in [6, 6.07) is 23.1. The summed E-state index contributed by atoms with van der Waals surface area (Å²) < 4.78 is 12.0. The quantitative estimate of drug-likeness (QED) is 0.0375. The van der Waals surface area contributed by atoms with Gasteiger partial charge in [-0.2, -0.15) is 0 Å². The third kappa shape index (κ3) is 12.7. The fraction of sp³-hybridized carbons (Fsp3) is 0.429. The fourth-order valence-electron chi connectivity index (χ4n) is 7.47. The highest BCUT2D eigenvalue weighted by Crippen LogP contribution is 2.43. The van der Waals surface area contributed by atoms with Crippen LogP contribution in [-0.2, 0) is 24.7 Å². The zero-order chi connectivity index (χ0) is 41.0. The van der Waals surface area contributed by atoms with Crippen LogP contribution in [0.25, 0.3) is 22.3 Å². The Kier molecular flexibility index (Phi) is 16.2. The van der Waals surface area contributed by atoms with Gasteiger partial charge >= 0.3 is 11.9 Å². The summed E-state index contributed by atoms with van der Waals surface area (Å²) in [7, 11) is 3.43. The van der Waals surface area contributed by atoms with Gasteiger partial charge in [-0.15, -0.1) is 0 Å². The number of unbranched alkanes of at least 4 members (excludes halogenated alkanes) is 6. The molecule has 0 atom stereocenters. The summed E-state index contributed by atoms with van der Waals surface area (Å²) >= 11 is 2.47. The van der Waals surface area contributed by atoms with Gasteiger partial charge in [-0.3, -0.25) is 0 Å². The fourth-order valence-corrected chi connectivity index (χ4v) is 7.88. The van der Waals surface area contributed by atoms with Crippen LogP contribution in [0.3, 0.4) is 0 Å². The molecule has 7 heteroatoms. The predicted octanol–water partition coefficient (Wildman–Crippen LogP) is 13.2. The van der Waals surface area contributed by atoms with E-state index in [0.29, 0.717) is 12.3 Å². The van der Waals surface area contributed by atoms with Gasteiger partial charge in [-0.1, -0.05) is 138 Å². The van der Waals surface area contributed by atoms with E-state index in [-0.39, 0.29) is 14.5 Å². The molecule has 0 unspecified atom stereocenters. The molecule has 4 aromatic carbocycles. The van der Waals surface area contributed by atoms with Crippen molar-refractivity contribution in [2.75, 3.05) is 14.2 Å². The van der Waals surface area contributed by atoms with E-state index in [1.165, 1.54) is 31.2 Å². The summed E-state index contributed by atoms with van der Waals surface area (Å²) in [4.78, 5) is 23.6. The number of carbonyl (C=O) groups is 2. The summed E-state index contributed by atoms with van der Waals surface area (Å²) in [5.74, 6) is 0.338. The molecule has 300 valence electrons. The van der Waals surface area contributed by atoms with Gasteiger partial charge in [0, 0.05) is 8.99 Å². The maximum atomic E-state index is 11.8. The maximum Gasteiger partial charge on any atom is 0.335 e. The minimum atomic E-state index is -0.957. The Morgan fingerprint density at radius 3 is 1.66 bits per heavy atom. The van der Waals surface area contributed by atoms with Crippen molar-refractivity contribution in [3.63, 3.8) is 0 Å². The largest absolute Gasteiger partial charge is 0.496 e. The van der Waals surface area contributed by atoms with Crippen LogP contribution in [0.15, 0.2) is 84.9 Å². The Labute approximate surface area is 348 Å². The zero-order valence-electron chi connectivity index (χ0n) is 34.6. The Hall–Kier alpha value is -4.11. The Bertz CT molecular complexity index is 1950. The number of hydrogen-bond acceptors (Lipinski definition) is 4. The van der Waals surface area contributed by atoms with E-state index < -0.39 is 17.4 Å². The molecule has 0 aromatic heterocycles. The average Bonchev–Trinajstić information content (AvgIpc) is 3.14. The molecule has 0 heterocycles. The second-order valence-electron chi connectivity index (χ2n) is 16.6. The molecule has 0 spiro atoms. The number of carboxylic acid groups (broad SMARTS) is 2. The number of hydrogen-bond donors (Lipinski definition) is 2. The average molecular weight is 873 g/mol. The van der Waals surface area contributed by atoms with Crippen LogP contribution in [0.5, 0.6) is 11.5 Å². The molecule has 0 amide bonds. The van der Waals surface area contributed by atoms with E-state index in [2.05, 4.69) is 101 Å². The van der Waals surface area contributed by atoms with Gasteiger partial charge in [0.15, 0.2) is 0 Å². The Morgan fingerprint density at radius 2 is 1.16 bits per heavy atom. The second-order valence-corrected chi connectivity index (χ2v) is 19.5. The maximum absolute atomic E-state index is 11.8. The molecule has 0 bridgehead atoms. The molecule has 4 rings (SSSR count). The van der Waals surface area contributed by atoms with Crippen molar-refractivity contribution in [3.8, 4) is 33.8 Å². The number of halogens is 1. The monoisotopic (exact) mass is 872 g/mol. The van der Waals surface area contributed by atoms with Crippen LogP contribution in [-0.4, -0.2) is 39.8 Å². The molecule has 4 aromatic rings. The molecule has 0 aliphatic heterocycles. The van der Waals surface area contributed by atoms with Gasteiger partial charge in [0.25, 0.3) is 0 Å². The first-order valence-electron chi connectivity index (χ1n) is 20.0. The summed E-state index contributed by atoms with van der Waals surface area (Å²) in [5, 5.41) is 19.3. The van der Waals surface area contributed by atoms with Crippen molar-refractivity contribution in [2.45, 2.75) is 115 Å².